The number of carbonyl (C=O) groups is 1. The van der Waals surface area contributed by atoms with Crippen molar-refractivity contribution in [3.8, 4) is 5.75 Å². The van der Waals surface area contributed by atoms with Crippen molar-refractivity contribution in [3.05, 3.63) is 18.2 Å². The third-order valence-electron chi connectivity index (χ3n) is 5.43. The van der Waals surface area contributed by atoms with Crippen molar-refractivity contribution in [3.63, 3.8) is 0 Å². The molecule has 1 N–H and O–H groups in total. The number of nitrogens with zero attached hydrogens (tertiary/aromatic N) is 2. The highest BCUT2D eigenvalue weighted by molar-refractivity contribution is 7.91. The summed E-state index contributed by atoms with van der Waals surface area (Å²) in [5, 5.41) is 2.72. The number of rotatable bonds is 8. The third-order valence-corrected chi connectivity index (χ3v) is 9.11. The zero-order valence-corrected chi connectivity index (χ0v) is 19.0. The van der Waals surface area contributed by atoms with Crippen molar-refractivity contribution in [1.29, 1.82) is 0 Å². The topological polar surface area (TPSA) is 113 Å². The predicted molar refractivity (Wildman–Crippen MR) is 114 cm³/mol. The summed E-state index contributed by atoms with van der Waals surface area (Å²) < 4.78 is 56.3. The monoisotopic (exact) mass is 459 g/mol. The fraction of sp³-hybridized carbons (Fsp3) is 0.632. The molecule has 0 bridgehead atoms. The second-order valence-electron chi connectivity index (χ2n) is 7.73. The molecule has 9 nitrogen and oxygen atoms in total. The number of likely N-dealkylation sites (N-methyl/N-ethyl adjacent to an activating group) is 1. The smallest absolute Gasteiger partial charge is 0.246 e. The molecule has 0 aromatic heterocycles. The van der Waals surface area contributed by atoms with Crippen LogP contribution in [0.3, 0.4) is 0 Å². The van der Waals surface area contributed by atoms with E-state index in [0.29, 0.717) is 31.8 Å². The molecular formula is C19H29N3O6S2. The Balaban J connectivity index is 1.74. The molecule has 0 aliphatic carbocycles. The maximum atomic E-state index is 13.0. The molecule has 2 aliphatic heterocycles. The number of benzene rings is 1. The lowest BCUT2D eigenvalue weighted by Gasteiger charge is -2.22. The van der Waals surface area contributed by atoms with E-state index in [9.17, 15) is 21.6 Å². The largest absolute Gasteiger partial charge is 0.492 e. The van der Waals surface area contributed by atoms with Gasteiger partial charge in [0.2, 0.25) is 15.9 Å². The fourth-order valence-corrected chi connectivity index (χ4v) is 7.29. The number of anilines is 1. The number of nitrogens with one attached hydrogen (secondary N) is 1. The van der Waals surface area contributed by atoms with Gasteiger partial charge < -0.3 is 10.1 Å². The van der Waals surface area contributed by atoms with Crippen LogP contribution >= 0.6 is 0 Å². The van der Waals surface area contributed by atoms with Crippen LogP contribution in [0.1, 0.15) is 26.2 Å². The predicted octanol–water partition coefficient (Wildman–Crippen LogP) is 0.927. The third kappa shape index (κ3) is 5.32. The van der Waals surface area contributed by atoms with Crippen LogP contribution in [-0.4, -0.2) is 82.8 Å². The maximum Gasteiger partial charge on any atom is 0.246 e. The molecule has 0 unspecified atom stereocenters. The van der Waals surface area contributed by atoms with Crippen LogP contribution < -0.4 is 10.1 Å². The average molecular weight is 460 g/mol. The highest BCUT2D eigenvalue weighted by atomic mass is 32.2. The van der Waals surface area contributed by atoms with Crippen LogP contribution in [0.4, 0.5) is 5.69 Å². The Morgan fingerprint density at radius 1 is 1.30 bits per heavy atom. The molecule has 2 saturated heterocycles. The van der Waals surface area contributed by atoms with Gasteiger partial charge in [0.05, 0.1) is 24.7 Å². The van der Waals surface area contributed by atoms with E-state index < -0.39 is 19.9 Å². The van der Waals surface area contributed by atoms with E-state index in [1.165, 1.54) is 10.4 Å². The Labute approximate surface area is 178 Å². The lowest BCUT2D eigenvalue weighted by molar-refractivity contribution is -0.117. The minimum absolute atomic E-state index is 0.0155. The van der Waals surface area contributed by atoms with Crippen molar-refractivity contribution in [1.82, 2.24) is 9.21 Å². The van der Waals surface area contributed by atoms with Crippen molar-refractivity contribution in [2.24, 2.45) is 0 Å². The van der Waals surface area contributed by atoms with Crippen LogP contribution in [-0.2, 0) is 24.7 Å². The van der Waals surface area contributed by atoms with E-state index in [1.54, 1.807) is 31.0 Å². The first-order chi connectivity index (χ1) is 14.1. The maximum absolute atomic E-state index is 13.0. The number of hydrogen-bond donors (Lipinski definition) is 1. The van der Waals surface area contributed by atoms with E-state index >= 15 is 0 Å². The Morgan fingerprint density at radius 2 is 2.00 bits per heavy atom. The second-order valence-corrected chi connectivity index (χ2v) is 11.9. The molecule has 2 fully saturated rings. The van der Waals surface area contributed by atoms with Gasteiger partial charge in [0.1, 0.15) is 10.6 Å². The summed E-state index contributed by atoms with van der Waals surface area (Å²) in [7, 11) is -5.04. The molecule has 30 heavy (non-hydrogen) atoms. The summed E-state index contributed by atoms with van der Waals surface area (Å²) >= 11 is 0. The number of amides is 1. The molecule has 2 aliphatic rings. The van der Waals surface area contributed by atoms with Crippen LogP contribution in [0.5, 0.6) is 5.75 Å². The van der Waals surface area contributed by atoms with Gasteiger partial charge in [0.25, 0.3) is 0 Å². The highest BCUT2D eigenvalue weighted by Crippen LogP contribution is 2.31. The Bertz CT molecular complexity index is 988. The normalized spacial score (nSPS) is 21.8. The molecule has 1 amide bonds. The quantitative estimate of drug-likeness (QED) is 0.615. The number of carbonyl (C=O) groups excluding carboxylic acids is 1. The number of sulfonamides is 1. The minimum Gasteiger partial charge on any atom is -0.492 e. The Kier molecular flexibility index (Phi) is 7.05. The van der Waals surface area contributed by atoms with E-state index in [1.807, 2.05) is 0 Å². The Morgan fingerprint density at radius 3 is 2.60 bits per heavy atom. The Hall–Kier alpha value is -1.69. The standard InChI is InChI=1S/C19H29N3O6S2/c1-3-28-17-7-6-15(12-18(17)30(26,27)22-9-4-5-10-22)20-19(23)13-21(2)16-8-11-29(24,25)14-16/h6-7,12,16H,3-5,8-11,13-14H2,1-2H3,(H,20,23)/t16-/m0/s1. The van der Waals surface area contributed by atoms with Crippen molar-refractivity contribution in [2.45, 2.75) is 37.1 Å². The molecule has 0 spiro atoms. The summed E-state index contributed by atoms with van der Waals surface area (Å²) in [6, 6.07) is 4.39. The van der Waals surface area contributed by atoms with Gasteiger partial charge >= 0.3 is 0 Å². The molecule has 11 heteroatoms. The van der Waals surface area contributed by atoms with Crippen LogP contribution in [0.15, 0.2) is 23.1 Å². The first kappa shape index (κ1) is 23.0. The van der Waals surface area contributed by atoms with E-state index in [-0.39, 0.29) is 40.6 Å². The molecule has 3 rings (SSSR count). The number of sulfone groups is 1. The highest BCUT2D eigenvalue weighted by Gasteiger charge is 2.32. The molecule has 0 saturated carbocycles. The molecule has 1 atom stereocenters. The van der Waals surface area contributed by atoms with Gasteiger partial charge in [-0.05, 0) is 51.4 Å². The van der Waals surface area contributed by atoms with Crippen molar-refractivity contribution in [2.75, 3.05) is 50.1 Å². The zero-order chi connectivity index (χ0) is 21.9. The lowest BCUT2D eigenvalue weighted by Crippen LogP contribution is -2.38. The molecular weight excluding hydrogens is 430 g/mol. The van der Waals surface area contributed by atoms with E-state index in [0.717, 1.165) is 12.8 Å². The molecule has 2 heterocycles. The first-order valence-corrected chi connectivity index (χ1v) is 13.4. The summed E-state index contributed by atoms with van der Waals surface area (Å²) in [4.78, 5) is 14.2. The summed E-state index contributed by atoms with van der Waals surface area (Å²) in [5.74, 6) is 0.115. The minimum atomic E-state index is -3.72. The van der Waals surface area contributed by atoms with E-state index in [4.69, 9.17) is 4.74 Å². The summed E-state index contributed by atoms with van der Waals surface area (Å²) in [6.07, 6.45) is 2.15. The van der Waals surface area contributed by atoms with Crippen LogP contribution in [0.2, 0.25) is 0 Å². The molecule has 1 aromatic rings. The SMILES string of the molecule is CCOc1ccc(NC(=O)CN(C)[C@H]2CCS(=O)(=O)C2)cc1S(=O)(=O)N1CCCC1. The van der Waals surface area contributed by atoms with Crippen molar-refractivity contribution < 1.29 is 26.4 Å². The second kappa shape index (κ2) is 9.21. The first-order valence-electron chi connectivity index (χ1n) is 10.1. The van der Waals surface area contributed by atoms with Crippen LogP contribution in [0, 0.1) is 0 Å². The van der Waals surface area contributed by atoms with Gasteiger partial charge in [-0.15, -0.1) is 0 Å². The molecule has 1 aromatic carbocycles. The number of hydrogen-bond acceptors (Lipinski definition) is 7. The van der Waals surface area contributed by atoms with Gasteiger partial charge in [-0.1, -0.05) is 0 Å². The lowest BCUT2D eigenvalue weighted by atomic mass is 10.2. The zero-order valence-electron chi connectivity index (χ0n) is 17.3. The molecule has 168 valence electrons. The number of ether oxygens (including phenoxy) is 1. The van der Waals surface area contributed by atoms with E-state index in [2.05, 4.69) is 5.32 Å². The van der Waals surface area contributed by atoms with Gasteiger partial charge in [0.15, 0.2) is 9.84 Å². The van der Waals surface area contributed by atoms with Gasteiger partial charge in [-0.3, -0.25) is 9.69 Å². The molecule has 0 radical (unpaired) electrons. The van der Waals surface area contributed by atoms with Crippen LogP contribution in [0.25, 0.3) is 0 Å². The van der Waals surface area contributed by atoms with Gasteiger partial charge in [0, 0.05) is 24.8 Å². The van der Waals surface area contributed by atoms with Gasteiger partial charge in [-0.2, -0.15) is 4.31 Å². The fourth-order valence-electron chi connectivity index (χ4n) is 3.81. The summed E-state index contributed by atoms with van der Waals surface area (Å²) in [6.45, 7) is 3.06. The average Bonchev–Trinajstić information content (AvgIpc) is 3.33. The van der Waals surface area contributed by atoms with Gasteiger partial charge in [-0.25, -0.2) is 16.8 Å². The summed E-state index contributed by atoms with van der Waals surface area (Å²) in [5.41, 5.74) is 0.355. The van der Waals surface area contributed by atoms with Crippen molar-refractivity contribution >= 4 is 31.5 Å².